The predicted molar refractivity (Wildman–Crippen MR) is 90.2 cm³/mol. The molecule has 4 nitrogen and oxygen atoms in total. The minimum atomic E-state index is -0.130. The van der Waals surface area contributed by atoms with Crippen molar-refractivity contribution in [3.63, 3.8) is 0 Å². The maximum Gasteiger partial charge on any atom is 0.257 e. The van der Waals surface area contributed by atoms with Gasteiger partial charge in [-0.25, -0.2) is 0 Å². The molecule has 4 aliphatic rings. The summed E-state index contributed by atoms with van der Waals surface area (Å²) in [6, 6.07) is 3.30. The first kappa shape index (κ1) is 16.6. The number of pyridine rings is 1. The second-order valence-electron chi connectivity index (χ2n) is 7.88. The lowest BCUT2D eigenvalue weighted by Crippen LogP contribution is -2.47. The minimum Gasteiger partial charge on any atom is -0.619 e. The van der Waals surface area contributed by atoms with Crippen molar-refractivity contribution in [3.05, 3.63) is 35.3 Å². The first-order valence-electron chi connectivity index (χ1n) is 8.59. The Balaban J connectivity index is 0.00000156. The summed E-state index contributed by atoms with van der Waals surface area (Å²) in [7, 11) is 0. The van der Waals surface area contributed by atoms with Crippen molar-refractivity contribution in [3.8, 4) is 0 Å². The van der Waals surface area contributed by atoms with E-state index >= 15 is 0 Å². The summed E-state index contributed by atoms with van der Waals surface area (Å²) in [5.74, 6) is 2.73. The van der Waals surface area contributed by atoms with Gasteiger partial charge < -0.3 is 10.5 Å². The molecule has 0 aliphatic heterocycles. The van der Waals surface area contributed by atoms with Crippen molar-refractivity contribution in [2.75, 3.05) is 6.54 Å². The summed E-state index contributed by atoms with van der Waals surface area (Å²) in [5.41, 5.74) is 0.944. The van der Waals surface area contributed by atoms with E-state index in [2.05, 4.69) is 5.32 Å². The van der Waals surface area contributed by atoms with E-state index in [1.807, 2.05) is 0 Å². The molecule has 23 heavy (non-hydrogen) atoms. The number of hydrogen-bond donors (Lipinski definition) is 1. The Bertz CT molecular complexity index is 555. The van der Waals surface area contributed by atoms with Crippen molar-refractivity contribution >= 4 is 18.3 Å². The van der Waals surface area contributed by atoms with Gasteiger partial charge in [0.2, 0.25) is 0 Å². The molecule has 0 radical (unpaired) electrons. The lowest BCUT2D eigenvalue weighted by molar-refractivity contribution is -0.605. The van der Waals surface area contributed by atoms with Crippen LogP contribution in [-0.2, 0) is 0 Å². The number of amides is 1. The van der Waals surface area contributed by atoms with E-state index in [1.54, 1.807) is 12.1 Å². The highest BCUT2D eigenvalue weighted by Gasteiger charge is 2.50. The SMILES string of the molecule is Cl.O=C(NCCC12CC3CC(CC(C3)C1)C2)c1ccc[n+]([O-])c1. The smallest absolute Gasteiger partial charge is 0.257 e. The van der Waals surface area contributed by atoms with Crippen molar-refractivity contribution < 1.29 is 9.52 Å². The van der Waals surface area contributed by atoms with E-state index in [4.69, 9.17) is 0 Å². The number of nitrogens with one attached hydrogen (secondary N) is 1. The van der Waals surface area contributed by atoms with E-state index in [0.717, 1.165) is 30.7 Å². The van der Waals surface area contributed by atoms with Crippen LogP contribution in [0.25, 0.3) is 0 Å². The van der Waals surface area contributed by atoms with Crippen molar-refractivity contribution in [1.29, 1.82) is 0 Å². The molecule has 4 bridgehead atoms. The van der Waals surface area contributed by atoms with E-state index in [-0.39, 0.29) is 18.3 Å². The third-order valence-corrected chi connectivity index (χ3v) is 6.14. The fraction of sp³-hybridized carbons (Fsp3) is 0.667. The molecule has 5 rings (SSSR count). The molecule has 0 spiro atoms. The zero-order valence-corrected chi connectivity index (χ0v) is 14.2. The summed E-state index contributed by atoms with van der Waals surface area (Å²) in [6.07, 6.45) is 12.3. The Kier molecular flexibility index (Phi) is 4.54. The molecular weight excluding hydrogens is 312 g/mol. The van der Waals surface area contributed by atoms with Gasteiger partial charge in [-0.1, -0.05) is 0 Å². The van der Waals surface area contributed by atoms with Gasteiger partial charge in [0.1, 0.15) is 5.56 Å². The number of aromatic nitrogens is 1. The highest BCUT2D eigenvalue weighted by Crippen LogP contribution is 2.61. The molecule has 0 atom stereocenters. The molecule has 4 fully saturated rings. The van der Waals surface area contributed by atoms with E-state index in [1.165, 1.54) is 50.9 Å². The number of carbonyl (C=O) groups is 1. The number of hydrogen-bond acceptors (Lipinski definition) is 2. The molecule has 4 aliphatic carbocycles. The Morgan fingerprint density at radius 3 is 2.39 bits per heavy atom. The fourth-order valence-corrected chi connectivity index (χ4v) is 5.73. The molecule has 1 N–H and O–H groups in total. The Morgan fingerprint density at radius 1 is 1.22 bits per heavy atom. The highest BCUT2D eigenvalue weighted by atomic mass is 35.5. The molecule has 1 heterocycles. The van der Waals surface area contributed by atoms with Crippen LogP contribution in [0.1, 0.15) is 55.3 Å². The van der Waals surface area contributed by atoms with Gasteiger partial charge in [0.25, 0.3) is 5.91 Å². The maximum atomic E-state index is 12.1. The first-order valence-corrected chi connectivity index (χ1v) is 8.59. The van der Waals surface area contributed by atoms with Crippen LogP contribution in [0.2, 0.25) is 0 Å². The van der Waals surface area contributed by atoms with E-state index in [0.29, 0.717) is 15.7 Å². The predicted octanol–water partition coefficient (Wildman–Crippen LogP) is 3.08. The number of carbonyl (C=O) groups excluding carboxylic acids is 1. The molecule has 1 aromatic heterocycles. The quantitative estimate of drug-likeness (QED) is 0.678. The van der Waals surface area contributed by atoms with Gasteiger partial charge in [-0.15, -0.1) is 12.4 Å². The van der Waals surface area contributed by atoms with Gasteiger partial charge in [0.15, 0.2) is 12.4 Å². The van der Waals surface area contributed by atoms with Crippen molar-refractivity contribution in [2.45, 2.75) is 44.9 Å². The number of rotatable bonds is 4. The summed E-state index contributed by atoms with van der Waals surface area (Å²) in [4.78, 5) is 12.1. The van der Waals surface area contributed by atoms with Crippen molar-refractivity contribution in [1.82, 2.24) is 5.32 Å². The third kappa shape index (κ3) is 3.32. The van der Waals surface area contributed by atoms with Crippen LogP contribution < -0.4 is 10.0 Å². The minimum absolute atomic E-state index is 0. The zero-order chi connectivity index (χ0) is 15.2. The molecular formula is C18H25ClN2O2. The number of halogens is 1. The molecule has 0 unspecified atom stereocenters. The van der Waals surface area contributed by atoms with Crippen LogP contribution in [0.4, 0.5) is 0 Å². The van der Waals surface area contributed by atoms with Crippen LogP contribution in [0, 0.1) is 28.4 Å². The normalized spacial score (nSPS) is 34.0. The second-order valence-corrected chi connectivity index (χ2v) is 7.88. The Morgan fingerprint density at radius 2 is 1.83 bits per heavy atom. The average Bonchev–Trinajstić information content (AvgIpc) is 2.45. The largest absolute Gasteiger partial charge is 0.619 e. The van der Waals surface area contributed by atoms with Gasteiger partial charge >= 0.3 is 0 Å². The zero-order valence-electron chi connectivity index (χ0n) is 13.4. The average molecular weight is 337 g/mol. The van der Waals surface area contributed by atoms with Crippen LogP contribution in [0.15, 0.2) is 24.5 Å². The fourth-order valence-electron chi connectivity index (χ4n) is 5.73. The highest BCUT2D eigenvalue weighted by molar-refractivity contribution is 5.93. The molecule has 1 amide bonds. The summed E-state index contributed by atoms with van der Waals surface area (Å²) in [5, 5.41) is 14.2. The third-order valence-electron chi connectivity index (χ3n) is 6.14. The Labute approximate surface area is 143 Å². The maximum absolute atomic E-state index is 12.1. The van der Waals surface area contributed by atoms with Crippen LogP contribution >= 0.6 is 12.4 Å². The lowest BCUT2D eigenvalue weighted by atomic mass is 9.49. The molecule has 1 aromatic rings. The summed E-state index contributed by atoms with van der Waals surface area (Å²) < 4.78 is 0.675. The first-order chi connectivity index (χ1) is 10.6. The standard InChI is InChI=1S/C18H24N2O2.ClH/c21-17(16-2-1-5-20(22)12-16)19-4-3-18-9-13-6-14(10-18)8-15(7-13)11-18;/h1-2,5,12-15H,3-4,6-11H2,(H,19,21);1H. The summed E-state index contributed by atoms with van der Waals surface area (Å²) in [6.45, 7) is 0.735. The summed E-state index contributed by atoms with van der Waals surface area (Å²) >= 11 is 0. The van der Waals surface area contributed by atoms with Crippen LogP contribution in [0.3, 0.4) is 0 Å². The molecule has 126 valence electrons. The molecule has 5 heteroatoms. The van der Waals surface area contributed by atoms with Crippen LogP contribution in [0.5, 0.6) is 0 Å². The van der Waals surface area contributed by atoms with Gasteiger partial charge in [-0.05, 0) is 74.2 Å². The topological polar surface area (TPSA) is 56.0 Å². The van der Waals surface area contributed by atoms with Crippen molar-refractivity contribution in [2.24, 2.45) is 23.2 Å². The number of nitrogens with zero attached hydrogens (tertiary/aromatic N) is 1. The monoisotopic (exact) mass is 336 g/mol. The van der Waals surface area contributed by atoms with E-state index in [9.17, 15) is 10.0 Å². The second kappa shape index (κ2) is 6.31. The van der Waals surface area contributed by atoms with Gasteiger partial charge in [-0.2, -0.15) is 4.73 Å². The molecule has 0 aromatic carbocycles. The lowest BCUT2D eigenvalue weighted by Gasteiger charge is -2.57. The van der Waals surface area contributed by atoms with Gasteiger partial charge in [-0.3, -0.25) is 4.79 Å². The van der Waals surface area contributed by atoms with Crippen LogP contribution in [-0.4, -0.2) is 12.5 Å². The van der Waals surface area contributed by atoms with E-state index < -0.39 is 0 Å². The molecule has 4 saturated carbocycles. The van der Waals surface area contributed by atoms with Gasteiger partial charge in [0.05, 0.1) is 0 Å². The van der Waals surface area contributed by atoms with Gasteiger partial charge in [0, 0.05) is 12.6 Å². The Hall–Kier alpha value is -1.29. The molecule has 0 saturated heterocycles.